The standard InChI is InChI=1S/C15H22N2O3S/c1-2-3-4-10-5-7-11(8-6-10)13(18)17-15-16-12(9-21-15)14(19)20/h9-11H,2-8H2,1H3,(H,19,20)(H,16,17,18). The van der Waals surface area contributed by atoms with Gasteiger partial charge in [-0.15, -0.1) is 11.3 Å². The number of thiazole rings is 1. The smallest absolute Gasteiger partial charge is 0.355 e. The molecular weight excluding hydrogens is 288 g/mol. The zero-order valence-corrected chi connectivity index (χ0v) is 13.1. The van der Waals surface area contributed by atoms with E-state index in [1.807, 2.05) is 0 Å². The molecule has 1 saturated carbocycles. The first-order chi connectivity index (χ1) is 10.1. The highest BCUT2D eigenvalue weighted by Crippen LogP contribution is 2.32. The number of hydrogen-bond acceptors (Lipinski definition) is 4. The summed E-state index contributed by atoms with van der Waals surface area (Å²) >= 11 is 1.16. The summed E-state index contributed by atoms with van der Waals surface area (Å²) in [5, 5.41) is 13.4. The molecule has 0 atom stereocenters. The molecule has 0 radical (unpaired) electrons. The molecule has 2 N–H and O–H groups in total. The molecular formula is C15H22N2O3S. The molecule has 116 valence electrons. The van der Waals surface area contributed by atoms with Crippen LogP contribution >= 0.6 is 11.3 Å². The molecule has 0 saturated heterocycles. The normalized spacial score (nSPS) is 22.0. The second-order valence-electron chi connectivity index (χ2n) is 5.69. The Bertz CT molecular complexity index is 493. The van der Waals surface area contributed by atoms with Gasteiger partial charge in [-0.3, -0.25) is 4.79 Å². The summed E-state index contributed by atoms with van der Waals surface area (Å²) in [4.78, 5) is 26.8. The van der Waals surface area contributed by atoms with Crippen molar-refractivity contribution >= 4 is 28.3 Å². The first kappa shape index (κ1) is 15.9. The summed E-state index contributed by atoms with van der Waals surface area (Å²) in [6.07, 6.45) is 7.88. The zero-order chi connectivity index (χ0) is 15.2. The minimum atomic E-state index is -1.07. The summed E-state index contributed by atoms with van der Waals surface area (Å²) in [6.45, 7) is 2.21. The molecule has 0 spiro atoms. The minimum Gasteiger partial charge on any atom is -0.476 e. The van der Waals surface area contributed by atoms with Crippen molar-refractivity contribution < 1.29 is 14.7 Å². The van der Waals surface area contributed by atoms with Crippen LogP contribution in [0.25, 0.3) is 0 Å². The van der Waals surface area contributed by atoms with Gasteiger partial charge >= 0.3 is 5.97 Å². The van der Waals surface area contributed by atoms with E-state index in [2.05, 4.69) is 17.2 Å². The summed E-state index contributed by atoms with van der Waals surface area (Å²) in [5.41, 5.74) is -0.0152. The van der Waals surface area contributed by atoms with Gasteiger partial charge in [-0.1, -0.05) is 26.2 Å². The van der Waals surface area contributed by atoms with Crippen LogP contribution in [0.5, 0.6) is 0 Å². The number of carboxylic acid groups (broad SMARTS) is 1. The van der Waals surface area contributed by atoms with Gasteiger partial charge in [0.1, 0.15) is 0 Å². The van der Waals surface area contributed by atoms with Crippen LogP contribution in [0.3, 0.4) is 0 Å². The molecule has 0 bridgehead atoms. The molecule has 1 aliphatic rings. The molecule has 1 aromatic heterocycles. The molecule has 0 unspecified atom stereocenters. The van der Waals surface area contributed by atoms with Gasteiger partial charge < -0.3 is 10.4 Å². The number of unbranched alkanes of at least 4 members (excludes halogenated alkanes) is 1. The number of nitrogens with zero attached hydrogens (tertiary/aromatic N) is 1. The fourth-order valence-corrected chi connectivity index (χ4v) is 3.53. The van der Waals surface area contributed by atoms with Crippen LogP contribution in [-0.2, 0) is 4.79 Å². The van der Waals surface area contributed by atoms with E-state index < -0.39 is 5.97 Å². The number of carbonyl (C=O) groups is 2. The molecule has 1 aromatic rings. The third-order valence-corrected chi connectivity index (χ3v) is 4.89. The van der Waals surface area contributed by atoms with E-state index in [1.165, 1.54) is 24.6 Å². The van der Waals surface area contributed by atoms with Gasteiger partial charge in [-0.05, 0) is 31.6 Å². The summed E-state index contributed by atoms with van der Waals surface area (Å²) < 4.78 is 0. The maximum absolute atomic E-state index is 12.2. The molecule has 0 aliphatic heterocycles. The van der Waals surface area contributed by atoms with E-state index in [4.69, 9.17) is 5.11 Å². The maximum Gasteiger partial charge on any atom is 0.355 e. The summed E-state index contributed by atoms with van der Waals surface area (Å²) in [7, 11) is 0. The lowest BCUT2D eigenvalue weighted by Gasteiger charge is -2.27. The third-order valence-electron chi connectivity index (χ3n) is 4.14. The van der Waals surface area contributed by atoms with Crippen LogP contribution in [0, 0.1) is 11.8 Å². The average molecular weight is 310 g/mol. The van der Waals surface area contributed by atoms with Crippen LogP contribution in [0.2, 0.25) is 0 Å². The number of carbonyl (C=O) groups excluding carboxylic acids is 1. The van der Waals surface area contributed by atoms with Gasteiger partial charge in [-0.25, -0.2) is 9.78 Å². The van der Waals surface area contributed by atoms with Crippen molar-refractivity contribution in [1.82, 2.24) is 4.98 Å². The van der Waals surface area contributed by atoms with E-state index in [-0.39, 0.29) is 17.5 Å². The number of aromatic nitrogens is 1. The maximum atomic E-state index is 12.2. The summed E-state index contributed by atoms with van der Waals surface area (Å²) in [6, 6.07) is 0. The highest BCUT2D eigenvalue weighted by atomic mass is 32.1. The van der Waals surface area contributed by atoms with E-state index in [0.717, 1.165) is 42.9 Å². The van der Waals surface area contributed by atoms with E-state index >= 15 is 0 Å². The Morgan fingerprint density at radius 2 is 2.10 bits per heavy atom. The topological polar surface area (TPSA) is 79.3 Å². The van der Waals surface area contributed by atoms with E-state index in [9.17, 15) is 9.59 Å². The van der Waals surface area contributed by atoms with Crippen molar-refractivity contribution in [1.29, 1.82) is 0 Å². The minimum absolute atomic E-state index is 0.0152. The van der Waals surface area contributed by atoms with Crippen molar-refractivity contribution in [3.63, 3.8) is 0 Å². The monoisotopic (exact) mass is 310 g/mol. The van der Waals surface area contributed by atoms with Crippen molar-refractivity contribution in [3.05, 3.63) is 11.1 Å². The van der Waals surface area contributed by atoms with Crippen molar-refractivity contribution in [2.45, 2.75) is 51.9 Å². The number of rotatable bonds is 6. The van der Waals surface area contributed by atoms with Crippen LogP contribution in [0.1, 0.15) is 62.4 Å². The Morgan fingerprint density at radius 3 is 2.67 bits per heavy atom. The zero-order valence-electron chi connectivity index (χ0n) is 12.3. The fourth-order valence-electron chi connectivity index (χ4n) is 2.84. The Kier molecular flexibility index (Phi) is 5.73. The van der Waals surface area contributed by atoms with E-state index in [1.54, 1.807) is 0 Å². The lowest BCUT2D eigenvalue weighted by Crippen LogP contribution is -2.27. The lowest BCUT2D eigenvalue weighted by molar-refractivity contribution is -0.121. The Balaban J connectivity index is 1.80. The third kappa shape index (κ3) is 4.52. The molecule has 1 heterocycles. The largest absolute Gasteiger partial charge is 0.476 e. The lowest BCUT2D eigenvalue weighted by atomic mass is 9.79. The number of anilines is 1. The molecule has 21 heavy (non-hydrogen) atoms. The number of carboxylic acids is 1. The fraction of sp³-hybridized carbons (Fsp3) is 0.667. The first-order valence-electron chi connectivity index (χ1n) is 7.59. The predicted octanol–water partition coefficient (Wildman–Crippen LogP) is 3.78. The van der Waals surface area contributed by atoms with Gasteiger partial charge in [0, 0.05) is 11.3 Å². The van der Waals surface area contributed by atoms with Crippen molar-refractivity contribution in [2.75, 3.05) is 5.32 Å². The second-order valence-corrected chi connectivity index (χ2v) is 6.55. The first-order valence-corrected chi connectivity index (χ1v) is 8.47. The van der Waals surface area contributed by atoms with Crippen molar-refractivity contribution in [2.24, 2.45) is 11.8 Å². The molecule has 6 heteroatoms. The molecule has 2 rings (SSSR count). The van der Waals surface area contributed by atoms with Crippen molar-refractivity contribution in [3.8, 4) is 0 Å². The molecule has 1 aliphatic carbocycles. The van der Waals surface area contributed by atoms with Crippen LogP contribution in [-0.4, -0.2) is 22.0 Å². The van der Waals surface area contributed by atoms with E-state index in [0.29, 0.717) is 5.13 Å². The Hall–Kier alpha value is -1.43. The number of nitrogens with one attached hydrogen (secondary N) is 1. The Morgan fingerprint density at radius 1 is 1.38 bits per heavy atom. The Labute approximate surface area is 128 Å². The van der Waals surface area contributed by atoms with Gasteiger partial charge in [0.05, 0.1) is 0 Å². The molecule has 5 nitrogen and oxygen atoms in total. The molecule has 0 aromatic carbocycles. The highest BCUT2D eigenvalue weighted by Gasteiger charge is 2.26. The van der Waals surface area contributed by atoms with Crippen LogP contribution in [0.15, 0.2) is 5.38 Å². The van der Waals surface area contributed by atoms with Gasteiger partial charge in [0.15, 0.2) is 10.8 Å². The predicted molar refractivity (Wildman–Crippen MR) is 82.7 cm³/mol. The number of aromatic carboxylic acids is 1. The molecule has 1 fully saturated rings. The number of amides is 1. The van der Waals surface area contributed by atoms with Crippen LogP contribution in [0.4, 0.5) is 5.13 Å². The summed E-state index contributed by atoms with van der Waals surface area (Å²) in [5.74, 6) is -0.272. The molecule has 1 amide bonds. The van der Waals surface area contributed by atoms with Gasteiger partial charge in [-0.2, -0.15) is 0 Å². The second kappa shape index (κ2) is 7.54. The quantitative estimate of drug-likeness (QED) is 0.838. The van der Waals surface area contributed by atoms with Crippen LogP contribution < -0.4 is 5.32 Å². The SMILES string of the molecule is CCCCC1CCC(C(=O)Nc2nc(C(=O)O)cs2)CC1. The average Bonchev–Trinajstić information content (AvgIpc) is 2.94. The van der Waals surface area contributed by atoms with Gasteiger partial charge in [0.25, 0.3) is 0 Å². The highest BCUT2D eigenvalue weighted by molar-refractivity contribution is 7.14. The number of hydrogen-bond donors (Lipinski definition) is 2. The van der Waals surface area contributed by atoms with Gasteiger partial charge in [0.2, 0.25) is 5.91 Å².